The molecular formula is C16H25N3O2. The second kappa shape index (κ2) is 7.00. The summed E-state index contributed by atoms with van der Waals surface area (Å²) < 4.78 is 5.74. The van der Waals surface area contributed by atoms with E-state index < -0.39 is 0 Å². The van der Waals surface area contributed by atoms with Crippen molar-refractivity contribution in [3.05, 3.63) is 29.6 Å². The summed E-state index contributed by atoms with van der Waals surface area (Å²) in [5.74, 6) is -0.0660. The number of pyridine rings is 1. The van der Waals surface area contributed by atoms with Crippen molar-refractivity contribution < 1.29 is 9.53 Å². The van der Waals surface area contributed by atoms with Crippen molar-refractivity contribution >= 4 is 5.91 Å². The van der Waals surface area contributed by atoms with Crippen LogP contribution in [0.2, 0.25) is 0 Å². The molecule has 1 N–H and O–H groups in total. The van der Waals surface area contributed by atoms with Gasteiger partial charge in [-0.25, -0.2) is 0 Å². The van der Waals surface area contributed by atoms with Gasteiger partial charge in [-0.15, -0.1) is 0 Å². The first-order valence-electron chi connectivity index (χ1n) is 7.56. The summed E-state index contributed by atoms with van der Waals surface area (Å²) in [7, 11) is 0. The molecule has 0 radical (unpaired) electrons. The largest absolute Gasteiger partial charge is 0.373 e. The van der Waals surface area contributed by atoms with E-state index in [1.54, 1.807) is 12.3 Å². The number of ether oxygens (including phenoxy) is 1. The lowest BCUT2D eigenvalue weighted by Gasteiger charge is -2.39. The predicted molar refractivity (Wildman–Crippen MR) is 82.4 cm³/mol. The minimum Gasteiger partial charge on any atom is -0.373 e. The Morgan fingerprint density at radius 1 is 1.43 bits per heavy atom. The molecule has 1 aliphatic heterocycles. The first kappa shape index (κ1) is 15.9. The average molecular weight is 291 g/mol. The number of morpholine rings is 1. The van der Waals surface area contributed by atoms with Gasteiger partial charge in [0.05, 0.1) is 17.8 Å². The van der Waals surface area contributed by atoms with E-state index in [0.717, 1.165) is 18.8 Å². The molecule has 0 bridgehead atoms. The lowest BCUT2D eigenvalue weighted by Crippen LogP contribution is -2.52. The molecule has 1 aliphatic rings. The summed E-state index contributed by atoms with van der Waals surface area (Å²) in [5.41, 5.74) is 1.52. The number of nitrogens with zero attached hydrogens (tertiary/aromatic N) is 2. The molecular weight excluding hydrogens is 266 g/mol. The van der Waals surface area contributed by atoms with Crippen LogP contribution in [0.4, 0.5) is 0 Å². The van der Waals surface area contributed by atoms with Gasteiger partial charge in [0, 0.05) is 37.6 Å². The van der Waals surface area contributed by atoms with Crippen molar-refractivity contribution in [3.63, 3.8) is 0 Å². The predicted octanol–water partition coefficient (Wildman–Crippen LogP) is 1.62. The molecule has 0 spiro atoms. The number of carbonyl (C=O) groups excluding carboxylic acids is 1. The van der Waals surface area contributed by atoms with Gasteiger partial charge in [-0.05, 0) is 39.8 Å². The third-order valence-electron chi connectivity index (χ3n) is 3.80. The van der Waals surface area contributed by atoms with Gasteiger partial charge >= 0.3 is 0 Å². The fourth-order valence-electron chi connectivity index (χ4n) is 2.65. The highest BCUT2D eigenvalue weighted by molar-refractivity contribution is 5.93. The van der Waals surface area contributed by atoms with Crippen LogP contribution in [0.1, 0.15) is 36.8 Å². The van der Waals surface area contributed by atoms with Gasteiger partial charge in [-0.2, -0.15) is 0 Å². The molecule has 21 heavy (non-hydrogen) atoms. The standard InChI is InChI=1S/C16H25N3O2/c1-11-5-6-15(8-17-11)16(20)18-7-12(2)19-9-13(3)21-14(4)10-19/h5-6,8,12-14H,7,9-10H2,1-4H3,(H,18,20)/t12-,13-,14+/m0/s1. The first-order chi connectivity index (χ1) is 9.95. The maximum Gasteiger partial charge on any atom is 0.252 e. The van der Waals surface area contributed by atoms with Crippen LogP contribution >= 0.6 is 0 Å². The molecule has 0 aliphatic carbocycles. The van der Waals surface area contributed by atoms with Crippen LogP contribution in [0.25, 0.3) is 0 Å². The van der Waals surface area contributed by atoms with E-state index in [9.17, 15) is 4.79 Å². The third-order valence-corrected chi connectivity index (χ3v) is 3.80. The van der Waals surface area contributed by atoms with Crippen LogP contribution in [-0.4, -0.2) is 53.7 Å². The van der Waals surface area contributed by atoms with E-state index in [1.807, 2.05) is 13.0 Å². The molecule has 0 aromatic carbocycles. The number of aryl methyl sites for hydroxylation is 1. The quantitative estimate of drug-likeness (QED) is 0.916. The Hall–Kier alpha value is -1.46. The monoisotopic (exact) mass is 291 g/mol. The Labute approximate surface area is 126 Å². The third kappa shape index (κ3) is 4.51. The molecule has 1 aromatic rings. The van der Waals surface area contributed by atoms with E-state index >= 15 is 0 Å². The van der Waals surface area contributed by atoms with Crippen molar-refractivity contribution in [1.82, 2.24) is 15.2 Å². The van der Waals surface area contributed by atoms with E-state index in [0.29, 0.717) is 18.2 Å². The minimum atomic E-state index is -0.0660. The van der Waals surface area contributed by atoms with Crippen LogP contribution < -0.4 is 5.32 Å². The zero-order valence-corrected chi connectivity index (χ0v) is 13.3. The van der Waals surface area contributed by atoms with E-state index in [1.165, 1.54) is 0 Å². The zero-order chi connectivity index (χ0) is 15.4. The summed E-state index contributed by atoms with van der Waals surface area (Å²) in [4.78, 5) is 18.6. The molecule has 1 aromatic heterocycles. The summed E-state index contributed by atoms with van der Waals surface area (Å²) in [6.45, 7) is 10.7. The van der Waals surface area contributed by atoms with Crippen LogP contribution in [0.15, 0.2) is 18.3 Å². The highest BCUT2D eigenvalue weighted by atomic mass is 16.5. The van der Waals surface area contributed by atoms with Crippen molar-refractivity contribution in [1.29, 1.82) is 0 Å². The van der Waals surface area contributed by atoms with E-state index in [4.69, 9.17) is 4.74 Å². The van der Waals surface area contributed by atoms with E-state index in [-0.39, 0.29) is 18.1 Å². The summed E-state index contributed by atoms with van der Waals surface area (Å²) in [5, 5.41) is 2.98. The van der Waals surface area contributed by atoms with Crippen molar-refractivity contribution in [3.8, 4) is 0 Å². The Kier molecular flexibility index (Phi) is 5.31. The van der Waals surface area contributed by atoms with Crippen molar-refractivity contribution in [2.24, 2.45) is 0 Å². The normalized spacial score (nSPS) is 24.6. The van der Waals surface area contributed by atoms with Crippen molar-refractivity contribution in [2.75, 3.05) is 19.6 Å². The second-order valence-corrected chi connectivity index (χ2v) is 5.96. The summed E-state index contributed by atoms with van der Waals surface area (Å²) in [6.07, 6.45) is 2.11. The van der Waals surface area contributed by atoms with Gasteiger partial charge < -0.3 is 10.1 Å². The Bertz CT molecular complexity index is 465. The van der Waals surface area contributed by atoms with Gasteiger partial charge in [-0.1, -0.05) is 0 Å². The van der Waals surface area contributed by atoms with Gasteiger partial charge in [0.1, 0.15) is 0 Å². The smallest absolute Gasteiger partial charge is 0.252 e. The fourth-order valence-corrected chi connectivity index (χ4v) is 2.65. The molecule has 5 nitrogen and oxygen atoms in total. The lowest BCUT2D eigenvalue weighted by atomic mass is 10.1. The molecule has 1 saturated heterocycles. The Morgan fingerprint density at radius 3 is 2.67 bits per heavy atom. The average Bonchev–Trinajstić information content (AvgIpc) is 2.44. The highest BCUT2D eigenvalue weighted by Crippen LogP contribution is 2.13. The van der Waals surface area contributed by atoms with Crippen LogP contribution in [-0.2, 0) is 4.74 Å². The molecule has 0 saturated carbocycles. The number of amides is 1. The number of aromatic nitrogens is 1. The van der Waals surface area contributed by atoms with Crippen molar-refractivity contribution in [2.45, 2.75) is 45.9 Å². The van der Waals surface area contributed by atoms with Crippen LogP contribution in [0.3, 0.4) is 0 Å². The number of carbonyl (C=O) groups is 1. The topological polar surface area (TPSA) is 54.5 Å². The number of hydrogen-bond donors (Lipinski definition) is 1. The number of rotatable bonds is 4. The van der Waals surface area contributed by atoms with Gasteiger partial charge in [0.25, 0.3) is 5.91 Å². The molecule has 2 rings (SSSR count). The van der Waals surface area contributed by atoms with Gasteiger partial charge in [0.15, 0.2) is 0 Å². The number of nitrogens with one attached hydrogen (secondary N) is 1. The Balaban J connectivity index is 1.84. The molecule has 1 fully saturated rings. The highest BCUT2D eigenvalue weighted by Gasteiger charge is 2.25. The zero-order valence-electron chi connectivity index (χ0n) is 13.3. The minimum absolute atomic E-state index is 0.0660. The maximum atomic E-state index is 12.1. The molecule has 5 heteroatoms. The van der Waals surface area contributed by atoms with Gasteiger partial charge in [0.2, 0.25) is 0 Å². The Morgan fingerprint density at radius 2 is 2.10 bits per heavy atom. The summed E-state index contributed by atoms with van der Waals surface area (Å²) >= 11 is 0. The SMILES string of the molecule is Cc1ccc(C(=O)NC[C@H](C)N2C[C@@H](C)O[C@@H](C)C2)cn1. The first-order valence-corrected chi connectivity index (χ1v) is 7.56. The fraction of sp³-hybridized carbons (Fsp3) is 0.625. The molecule has 116 valence electrons. The van der Waals surface area contributed by atoms with Gasteiger partial charge in [-0.3, -0.25) is 14.7 Å². The van der Waals surface area contributed by atoms with Crippen LogP contribution in [0.5, 0.6) is 0 Å². The molecule has 1 amide bonds. The summed E-state index contributed by atoms with van der Waals surface area (Å²) in [6, 6.07) is 3.95. The molecule has 2 heterocycles. The maximum absolute atomic E-state index is 12.1. The second-order valence-electron chi connectivity index (χ2n) is 5.96. The lowest BCUT2D eigenvalue weighted by molar-refractivity contribution is -0.0778. The number of hydrogen-bond acceptors (Lipinski definition) is 4. The molecule has 3 atom stereocenters. The van der Waals surface area contributed by atoms with Crippen LogP contribution in [0, 0.1) is 6.92 Å². The molecule has 0 unspecified atom stereocenters. The van der Waals surface area contributed by atoms with E-state index in [2.05, 4.69) is 36.0 Å².